The molecule has 1 unspecified atom stereocenters. The molecule has 0 spiro atoms. The number of primary sulfonamides is 1. The molecule has 1 amide bonds. The number of nitrogens with two attached hydrogens (primary N) is 1. The van der Waals surface area contributed by atoms with E-state index in [-0.39, 0.29) is 16.8 Å². The van der Waals surface area contributed by atoms with Gasteiger partial charge in [-0.3, -0.25) is 4.79 Å². The predicted octanol–water partition coefficient (Wildman–Crippen LogP) is 2.45. The molecule has 24 heavy (non-hydrogen) atoms. The minimum absolute atomic E-state index is 0.0430. The van der Waals surface area contributed by atoms with Gasteiger partial charge >= 0.3 is 0 Å². The lowest BCUT2D eigenvalue weighted by Crippen LogP contribution is -2.26. The summed E-state index contributed by atoms with van der Waals surface area (Å²) in [6.45, 7) is 3.88. The van der Waals surface area contributed by atoms with Gasteiger partial charge in [-0.15, -0.1) is 0 Å². The number of hydrogen-bond acceptors (Lipinski definition) is 3. The molecule has 0 radical (unpaired) electrons. The molecule has 6 heteroatoms. The summed E-state index contributed by atoms with van der Waals surface area (Å²) in [6.07, 6.45) is 1.09. The maximum absolute atomic E-state index is 12.1. The van der Waals surface area contributed by atoms with Crippen LogP contribution in [0.15, 0.2) is 53.4 Å². The number of nitrogens with one attached hydrogen (secondary N) is 1. The fraction of sp³-hybridized carbons (Fsp3) is 0.278. The summed E-state index contributed by atoms with van der Waals surface area (Å²) >= 11 is 0. The van der Waals surface area contributed by atoms with E-state index in [9.17, 15) is 13.2 Å². The van der Waals surface area contributed by atoms with Crippen molar-refractivity contribution in [2.24, 2.45) is 5.14 Å². The van der Waals surface area contributed by atoms with Crippen LogP contribution in [-0.4, -0.2) is 14.3 Å². The van der Waals surface area contributed by atoms with E-state index in [1.165, 1.54) is 17.7 Å². The summed E-state index contributed by atoms with van der Waals surface area (Å²) in [5, 5.41) is 7.99. The van der Waals surface area contributed by atoms with Gasteiger partial charge in [0, 0.05) is 6.42 Å². The van der Waals surface area contributed by atoms with Crippen molar-refractivity contribution in [3.63, 3.8) is 0 Å². The maximum atomic E-state index is 12.1. The first kappa shape index (κ1) is 18.2. The molecule has 2 aromatic rings. The van der Waals surface area contributed by atoms with Gasteiger partial charge in [0.25, 0.3) is 0 Å². The van der Waals surface area contributed by atoms with Crippen LogP contribution < -0.4 is 10.5 Å². The van der Waals surface area contributed by atoms with E-state index in [2.05, 4.69) is 5.32 Å². The lowest BCUT2D eigenvalue weighted by Gasteiger charge is -2.15. The third kappa shape index (κ3) is 5.18. The monoisotopic (exact) mass is 346 g/mol. The van der Waals surface area contributed by atoms with Gasteiger partial charge < -0.3 is 5.32 Å². The number of carbonyl (C=O) groups excluding carboxylic acids is 1. The number of aryl methyl sites for hydroxylation is 2. The van der Waals surface area contributed by atoms with Crippen molar-refractivity contribution >= 4 is 15.9 Å². The van der Waals surface area contributed by atoms with Gasteiger partial charge in [0.05, 0.1) is 10.9 Å². The first-order valence-corrected chi connectivity index (χ1v) is 9.28. The van der Waals surface area contributed by atoms with Crippen molar-refractivity contribution in [3.8, 4) is 0 Å². The Morgan fingerprint density at radius 2 is 1.67 bits per heavy atom. The van der Waals surface area contributed by atoms with Gasteiger partial charge in [0.15, 0.2) is 0 Å². The molecule has 0 saturated carbocycles. The largest absolute Gasteiger partial charge is 0.350 e. The Morgan fingerprint density at radius 3 is 2.21 bits per heavy atom. The minimum Gasteiger partial charge on any atom is -0.350 e. The zero-order chi connectivity index (χ0) is 17.7. The van der Waals surface area contributed by atoms with Crippen molar-refractivity contribution in [1.29, 1.82) is 0 Å². The summed E-state index contributed by atoms with van der Waals surface area (Å²) in [7, 11) is -3.70. The van der Waals surface area contributed by atoms with Crippen molar-refractivity contribution in [2.45, 2.75) is 37.6 Å². The Bertz CT molecular complexity index is 797. The Hall–Kier alpha value is -2.18. The number of sulfonamides is 1. The molecule has 1 atom stereocenters. The molecular weight excluding hydrogens is 324 g/mol. The number of rotatable bonds is 6. The summed E-state index contributed by atoms with van der Waals surface area (Å²) < 4.78 is 22.5. The summed E-state index contributed by atoms with van der Waals surface area (Å²) in [5.74, 6) is -0.0430. The topological polar surface area (TPSA) is 89.3 Å². The van der Waals surface area contributed by atoms with Crippen LogP contribution in [0.2, 0.25) is 0 Å². The smallest absolute Gasteiger partial charge is 0.238 e. The molecule has 0 bridgehead atoms. The van der Waals surface area contributed by atoms with Gasteiger partial charge in [-0.25, -0.2) is 13.6 Å². The second kappa shape index (κ2) is 7.59. The van der Waals surface area contributed by atoms with E-state index in [0.29, 0.717) is 12.8 Å². The van der Waals surface area contributed by atoms with Gasteiger partial charge in [0.1, 0.15) is 0 Å². The molecule has 0 aliphatic heterocycles. The Morgan fingerprint density at radius 1 is 1.08 bits per heavy atom. The second-order valence-electron chi connectivity index (χ2n) is 5.89. The predicted molar refractivity (Wildman–Crippen MR) is 93.9 cm³/mol. The second-order valence-corrected chi connectivity index (χ2v) is 7.45. The summed E-state index contributed by atoms with van der Waals surface area (Å²) in [6, 6.07) is 14.1. The molecule has 0 aromatic heterocycles. The third-order valence-corrected chi connectivity index (χ3v) is 4.78. The van der Waals surface area contributed by atoms with Gasteiger partial charge in [-0.2, -0.15) is 0 Å². The molecule has 3 N–H and O–H groups in total. The molecule has 0 heterocycles. The van der Waals surface area contributed by atoms with Crippen LogP contribution in [0.4, 0.5) is 0 Å². The van der Waals surface area contributed by atoms with E-state index in [4.69, 9.17) is 5.14 Å². The zero-order valence-corrected chi connectivity index (χ0v) is 14.6. The average Bonchev–Trinajstić information content (AvgIpc) is 2.53. The van der Waals surface area contributed by atoms with Crippen LogP contribution in [0.5, 0.6) is 0 Å². The van der Waals surface area contributed by atoms with E-state index >= 15 is 0 Å². The van der Waals surface area contributed by atoms with Crippen molar-refractivity contribution < 1.29 is 13.2 Å². The zero-order valence-electron chi connectivity index (χ0n) is 13.8. The Kier molecular flexibility index (Phi) is 5.75. The highest BCUT2D eigenvalue weighted by Gasteiger charge is 2.12. The molecule has 2 aromatic carbocycles. The SMILES string of the molecule is Cc1ccc(CCC(=O)NC(C)c2ccc(S(N)(=O)=O)cc2)cc1. The van der Waals surface area contributed by atoms with Crippen LogP contribution in [0.1, 0.15) is 36.1 Å². The molecule has 5 nitrogen and oxygen atoms in total. The number of benzene rings is 2. The highest BCUT2D eigenvalue weighted by molar-refractivity contribution is 7.89. The number of hydrogen-bond donors (Lipinski definition) is 2. The summed E-state index contributed by atoms with van der Waals surface area (Å²) in [4.78, 5) is 12.1. The maximum Gasteiger partial charge on any atom is 0.238 e. The molecule has 0 saturated heterocycles. The van der Waals surface area contributed by atoms with Crippen molar-refractivity contribution in [3.05, 3.63) is 65.2 Å². The standard InChI is InChI=1S/C18H22N2O3S/c1-13-3-5-15(6-4-13)7-12-18(21)20-14(2)16-8-10-17(11-9-16)24(19,22)23/h3-6,8-11,14H,7,12H2,1-2H3,(H,20,21)(H2,19,22,23). The molecule has 0 fully saturated rings. The fourth-order valence-electron chi connectivity index (χ4n) is 2.36. The van der Waals surface area contributed by atoms with Crippen LogP contribution in [0.3, 0.4) is 0 Å². The van der Waals surface area contributed by atoms with E-state index < -0.39 is 10.0 Å². The number of amides is 1. The van der Waals surface area contributed by atoms with Gasteiger partial charge in [-0.05, 0) is 43.5 Å². The number of carbonyl (C=O) groups is 1. The molecule has 0 aliphatic rings. The van der Waals surface area contributed by atoms with Crippen LogP contribution >= 0.6 is 0 Å². The molecule has 128 valence electrons. The normalized spacial score (nSPS) is 12.6. The van der Waals surface area contributed by atoms with E-state index in [1.807, 2.05) is 38.1 Å². The Balaban J connectivity index is 1.90. The first-order valence-electron chi connectivity index (χ1n) is 7.73. The van der Waals surface area contributed by atoms with Gasteiger partial charge in [-0.1, -0.05) is 42.0 Å². The van der Waals surface area contributed by atoms with Gasteiger partial charge in [0.2, 0.25) is 15.9 Å². The third-order valence-electron chi connectivity index (χ3n) is 3.85. The lowest BCUT2D eigenvalue weighted by molar-refractivity contribution is -0.121. The highest BCUT2D eigenvalue weighted by Crippen LogP contribution is 2.16. The van der Waals surface area contributed by atoms with Crippen LogP contribution in [0.25, 0.3) is 0 Å². The van der Waals surface area contributed by atoms with E-state index in [0.717, 1.165) is 11.1 Å². The quantitative estimate of drug-likeness (QED) is 0.842. The van der Waals surface area contributed by atoms with Crippen LogP contribution in [0, 0.1) is 6.92 Å². The first-order chi connectivity index (χ1) is 11.3. The highest BCUT2D eigenvalue weighted by atomic mass is 32.2. The average molecular weight is 346 g/mol. The minimum atomic E-state index is -3.70. The Labute approximate surface area is 142 Å². The van der Waals surface area contributed by atoms with Crippen molar-refractivity contribution in [2.75, 3.05) is 0 Å². The fourth-order valence-corrected chi connectivity index (χ4v) is 2.87. The molecule has 2 rings (SSSR count). The van der Waals surface area contributed by atoms with Crippen LogP contribution in [-0.2, 0) is 21.2 Å². The summed E-state index contributed by atoms with van der Waals surface area (Å²) in [5.41, 5.74) is 3.15. The molecule has 0 aliphatic carbocycles. The lowest BCUT2D eigenvalue weighted by atomic mass is 10.1. The molecular formula is C18H22N2O3S. The van der Waals surface area contributed by atoms with E-state index in [1.54, 1.807) is 12.1 Å². The van der Waals surface area contributed by atoms with Crippen molar-refractivity contribution in [1.82, 2.24) is 5.32 Å².